The summed E-state index contributed by atoms with van der Waals surface area (Å²) >= 11 is 1.21. The minimum atomic E-state index is -0.344. The van der Waals surface area contributed by atoms with E-state index in [1.165, 1.54) is 23.2 Å². The zero-order valence-corrected chi connectivity index (χ0v) is 14.1. The largest absolute Gasteiger partial charge is 0.459 e. The Morgan fingerprint density at radius 3 is 2.50 bits per heavy atom. The van der Waals surface area contributed by atoms with Crippen molar-refractivity contribution in [2.45, 2.75) is 13.8 Å². The number of furan rings is 1. The van der Waals surface area contributed by atoms with Crippen LogP contribution in [0.15, 0.2) is 53.1 Å². The smallest absolute Gasteiger partial charge is 0.291 e. The first-order chi connectivity index (χ1) is 11.5. The molecule has 2 aromatic heterocycles. The molecule has 0 saturated carbocycles. The summed E-state index contributed by atoms with van der Waals surface area (Å²) in [6.07, 6.45) is 1.44. The van der Waals surface area contributed by atoms with Crippen LogP contribution >= 0.6 is 11.3 Å². The van der Waals surface area contributed by atoms with Gasteiger partial charge in [0, 0.05) is 5.69 Å². The SMILES string of the molecule is Cc1ccc(NC(=O)c2ccc(NC(=O)c3ccco3)s2)cc1C. The van der Waals surface area contributed by atoms with Gasteiger partial charge in [0.05, 0.1) is 16.1 Å². The van der Waals surface area contributed by atoms with Crippen molar-refractivity contribution in [1.82, 2.24) is 0 Å². The molecule has 0 fully saturated rings. The number of hydrogen-bond acceptors (Lipinski definition) is 4. The van der Waals surface area contributed by atoms with Crippen molar-refractivity contribution >= 4 is 33.8 Å². The number of rotatable bonds is 4. The highest BCUT2D eigenvalue weighted by atomic mass is 32.1. The Morgan fingerprint density at radius 1 is 0.958 bits per heavy atom. The summed E-state index contributed by atoms with van der Waals surface area (Å²) in [5, 5.41) is 6.15. The van der Waals surface area contributed by atoms with E-state index in [1.807, 2.05) is 32.0 Å². The summed E-state index contributed by atoms with van der Waals surface area (Å²) in [5.41, 5.74) is 3.04. The number of carbonyl (C=O) groups is 2. The quantitative estimate of drug-likeness (QED) is 0.736. The predicted octanol–water partition coefficient (Wildman–Crippen LogP) is 4.46. The molecule has 3 rings (SSSR count). The molecule has 0 aliphatic rings. The molecular formula is C18H16N2O3S. The molecule has 0 atom stereocenters. The number of anilines is 2. The average molecular weight is 340 g/mol. The molecule has 0 bridgehead atoms. The highest BCUT2D eigenvalue weighted by Gasteiger charge is 2.13. The molecule has 3 aromatic rings. The molecule has 24 heavy (non-hydrogen) atoms. The van der Waals surface area contributed by atoms with Gasteiger partial charge in [-0.2, -0.15) is 0 Å². The standard InChI is InChI=1S/C18H16N2O3S/c1-11-5-6-13(10-12(11)2)19-18(22)15-7-8-16(24-15)20-17(21)14-4-3-9-23-14/h3-10H,1-2H3,(H,19,22)(H,20,21). The van der Waals surface area contributed by atoms with Crippen LogP contribution in [-0.4, -0.2) is 11.8 Å². The lowest BCUT2D eigenvalue weighted by atomic mass is 10.1. The molecule has 122 valence electrons. The van der Waals surface area contributed by atoms with Gasteiger partial charge in [0.25, 0.3) is 11.8 Å². The number of hydrogen-bond donors (Lipinski definition) is 2. The Hall–Kier alpha value is -2.86. The van der Waals surface area contributed by atoms with Crippen LogP contribution in [0.25, 0.3) is 0 Å². The van der Waals surface area contributed by atoms with E-state index in [0.29, 0.717) is 9.88 Å². The van der Waals surface area contributed by atoms with E-state index in [-0.39, 0.29) is 17.6 Å². The zero-order valence-electron chi connectivity index (χ0n) is 13.3. The fourth-order valence-electron chi connectivity index (χ4n) is 2.12. The molecule has 0 spiro atoms. The predicted molar refractivity (Wildman–Crippen MR) is 94.8 cm³/mol. The highest BCUT2D eigenvalue weighted by molar-refractivity contribution is 7.18. The summed E-state index contributed by atoms with van der Waals surface area (Å²) in [6.45, 7) is 4.02. The Labute approximate surface area is 143 Å². The van der Waals surface area contributed by atoms with Gasteiger partial charge in [-0.1, -0.05) is 6.07 Å². The molecule has 2 N–H and O–H groups in total. The summed E-state index contributed by atoms with van der Waals surface area (Å²) < 4.78 is 5.03. The summed E-state index contributed by atoms with van der Waals surface area (Å²) in [6, 6.07) is 12.4. The fourth-order valence-corrected chi connectivity index (χ4v) is 2.92. The second-order valence-electron chi connectivity index (χ2n) is 5.35. The first kappa shape index (κ1) is 16.0. The van der Waals surface area contributed by atoms with Gasteiger partial charge < -0.3 is 15.1 Å². The minimum absolute atomic E-state index is 0.207. The summed E-state index contributed by atoms with van der Waals surface area (Å²) in [5.74, 6) is -0.325. The van der Waals surface area contributed by atoms with Crippen LogP contribution in [0.4, 0.5) is 10.7 Å². The van der Waals surface area contributed by atoms with E-state index in [2.05, 4.69) is 10.6 Å². The van der Waals surface area contributed by atoms with Gasteiger partial charge in [0.15, 0.2) is 5.76 Å². The lowest BCUT2D eigenvalue weighted by Gasteiger charge is -2.06. The van der Waals surface area contributed by atoms with Crippen LogP contribution in [0.2, 0.25) is 0 Å². The maximum atomic E-state index is 12.3. The van der Waals surface area contributed by atoms with Crippen molar-refractivity contribution < 1.29 is 14.0 Å². The molecule has 0 aliphatic carbocycles. The number of carbonyl (C=O) groups excluding carboxylic acids is 2. The number of aryl methyl sites for hydroxylation is 2. The van der Waals surface area contributed by atoms with Gasteiger partial charge in [-0.3, -0.25) is 9.59 Å². The summed E-state index contributed by atoms with van der Waals surface area (Å²) in [7, 11) is 0. The highest BCUT2D eigenvalue weighted by Crippen LogP contribution is 2.24. The molecular weight excluding hydrogens is 324 g/mol. The van der Waals surface area contributed by atoms with Crippen molar-refractivity contribution in [3.8, 4) is 0 Å². The van der Waals surface area contributed by atoms with Crippen molar-refractivity contribution in [3.63, 3.8) is 0 Å². The molecule has 5 nitrogen and oxygen atoms in total. The van der Waals surface area contributed by atoms with Gasteiger partial charge in [-0.15, -0.1) is 11.3 Å². The Bertz CT molecular complexity index is 882. The third-order valence-corrected chi connectivity index (χ3v) is 4.58. The number of benzene rings is 1. The lowest BCUT2D eigenvalue weighted by molar-refractivity contribution is 0.0995. The van der Waals surface area contributed by atoms with Crippen molar-refractivity contribution in [2.75, 3.05) is 10.6 Å². The van der Waals surface area contributed by atoms with E-state index < -0.39 is 0 Å². The lowest BCUT2D eigenvalue weighted by Crippen LogP contribution is -2.10. The van der Waals surface area contributed by atoms with Crippen LogP contribution in [0, 0.1) is 13.8 Å². The maximum Gasteiger partial charge on any atom is 0.291 e. The Morgan fingerprint density at radius 2 is 1.79 bits per heavy atom. The third kappa shape index (κ3) is 3.55. The topological polar surface area (TPSA) is 71.3 Å². The Kier molecular flexibility index (Phi) is 4.48. The monoisotopic (exact) mass is 340 g/mol. The van der Waals surface area contributed by atoms with Crippen LogP contribution in [-0.2, 0) is 0 Å². The van der Waals surface area contributed by atoms with E-state index >= 15 is 0 Å². The second-order valence-corrected chi connectivity index (χ2v) is 6.43. The molecule has 0 unspecified atom stereocenters. The van der Waals surface area contributed by atoms with E-state index in [9.17, 15) is 9.59 Å². The van der Waals surface area contributed by atoms with Gasteiger partial charge in [0.1, 0.15) is 0 Å². The van der Waals surface area contributed by atoms with Crippen molar-refractivity contribution in [2.24, 2.45) is 0 Å². The van der Waals surface area contributed by atoms with E-state index in [4.69, 9.17) is 4.42 Å². The number of nitrogens with one attached hydrogen (secondary N) is 2. The first-order valence-electron chi connectivity index (χ1n) is 7.36. The normalized spacial score (nSPS) is 10.4. The maximum absolute atomic E-state index is 12.3. The third-order valence-electron chi connectivity index (χ3n) is 3.58. The second kappa shape index (κ2) is 6.72. The van der Waals surface area contributed by atoms with Crippen molar-refractivity contribution in [3.05, 3.63) is 70.5 Å². The van der Waals surface area contributed by atoms with Crippen molar-refractivity contribution in [1.29, 1.82) is 0 Å². The van der Waals surface area contributed by atoms with Crippen LogP contribution in [0.3, 0.4) is 0 Å². The Balaban J connectivity index is 1.67. The van der Waals surface area contributed by atoms with Gasteiger partial charge in [0.2, 0.25) is 0 Å². The van der Waals surface area contributed by atoms with E-state index in [1.54, 1.807) is 24.3 Å². The minimum Gasteiger partial charge on any atom is -0.459 e. The first-order valence-corrected chi connectivity index (χ1v) is 8.18. The van der Waals surface area contributed by atoms with Crippen LogP contribution < -0.4 is 10.6 Å². The van der Waals surface area contributed by atoms with Crippen LogP contribution in [0.5, 0.6) is 0 Å². The fraction of sp³-hybridized carbons (Fsp3) is 0.111. The summed E-state index contributed by atoms with van der Waals surface area (Å²) in [4.78, 5) is 24.7. The van der Waals surface area contributed by atoms with Gasteiger partial charge in [-0.25, -0.2) is 0 Å². The molecule has 0 saturated heterocycles. The average Bonchev–Trinajstić information content (AvgIpc) is 3.22. The van der Waals surface area contributed by atoms with E-state index in [0.717, 1.165) is 11.3 Å². The zero-order chi connectivity index (χ0) is 17.1. The van der Waals surface area contributed by atoms with Crippen LogP contribution in [0.1, 0.15) is 31.4 Å². The molecule has 0 aliphatic heterocycles. The molecule has 2 heterocycles. The molecule has 0 radical (unpaired) electrons. The molecule has 6 heteroatoms. The molecule has 1 aromatic carbocycles. The molecule has 2 amide bonds. The number of thiophene rings is 1. The van der Waals surface area contributed by atoms with Gasteiger partial charge >= 0.3 is 0 Å². The number of amides is 2. The van der Waals surface area contributed by atoms with Gasteiger partial charge in [-0.05, 0) is 61.4 Å².